The second-order valence-electron chi connectivity index (χ2n) is 7.85. The normalized spacial score (nSPS) is 15.5. The molecule has 7 heteroatoms. The maximum absolute atomic E-state index is 13.3. The third-order valence-electron chi connectivity index (χ3n) is 5.65. The molecule has 0 spiro atoms. The van der Waals surface area contributed by atoms with Crippen LogP contribution in [0.15, 0.2) is 59.2 Å². The monoisotopic (exact) mass is 415 g/mol. The highest BCUT2D eigenvalue weighted by molar-refractivity contribution is 6.00. The molecular weight excluding hydrogens is 394 g/mol. The summed E-state index contributed by atoms with van der Waals surface area (Å²) in [5.74, 6) is 0.643. The molecule has 4 aromatic rings. The van der Waals surface area contributed by atoms with Crippen molar-refractivity contribution >= 4 is 5.91 Å². The highest BCUT2D eigenvalue weighted by Crippen LogP contribution is 2.46. The number of rotatable bonds is 4. The van der Waals surface area contributed by atoms with Crippen LogP contribution in [0.4, 0.5) is 0 Å². The highest BCUT2D eigenvalue weighted by Gasteiger charge is 2.43. The molecule has 1 aliphatic heterocycles. The van der Waals surface area contributed by atoms with Gasteiger partial charge in [0.2, 0.25) is 0 Å². The SMILES string of the molecule is Cc1cc(C)c(-c2n[nH]c3c2C(c2cccc(O)c2)N(Cc2ccco2)C3=O)c(O)c1. The molecular formula is C24H21N3O4. The first-order valence-corrected chi connectivity index (χ1v) is 9.95. The standard InChI is InChI=1S/C24H21N3O4/c1-13-9-14(2)19(18(29)10-13)21-20-22(26-25-21)24(30)27(12-17-7-4-8-31-17)23(20)15-5-3-6-16(28)11-15/h3-11,23,28-29H,12H2,1-2H3,(H,25,26). The first kappa shape index (κ1) is 19.0. The number of aromatic hydroxyl groups is 2. The zero-order valence-electron chi connectivity index (χ0n) is 17.1. The summed E-state index contributed by atoms with van der Waals surface area (Å²) in [6, 6.07) is 13.6. The number of nitrogens with one attached hydrogen (secondary N) is 1. The second kappa shape index (κ2) is 7.05. The van der Waals surface area contributed by atoms with E-state index in [1.54, 1.807) is 41.5 Å². The fourth-order valence-corrected chi connectivity index (χ4v) is 4.42. The van der Waals surface area contributed by atoms with Gasteiger partial charge in [0.25, 0.3) is 5.91 Å². The number of nitrogens with zero attached hydrogens (tertiary/aromatic N) is 2. The zero-order valence-corrected chi connectivity index (χ0v) is 17.1. The Morgan fingerprint density at radius 1 is 1.13 bits per heavy atom. The van der Waals surface area contributed by atoms with Gasteiger partial charge in [-0.15, -0.1) is 0 Å². The predicted molar refractivity (Wildman–Crippen MR) is 114 cm³/mol. The number of hydrogen-bond donors (Lipinski definition) is 3. The van der Waals surface area contributed by atoms with Gasteiger partial charge in [0.1, 0.15) is 28.6 Å². The fourth-order valence-electron chi connectivity index (χ4n) is 4.42. The van der Waals surface area contributed by atoms with Crippen molar-refractivity contribution in [3.63, 3.8) is 0 Å². The van der Waals surface area contributed by atoms with Gasteiger partial charge in [-0.05, 0) is 60.9 Å². The smallest absolute Gasteiger partial charge is 0.273 e. The molecule has 0 saturated carbocycles. The number of benzene rings is 2. The number of furan rings is 1. The van der Waals surface area contributed by atoms with Crippen LogP contribution < -0.4 is 0 Å². The molecule has 7 nitrogen and oxygen atoms in total. The summed E-state index contributed by atoms with van der Waals surface area (Å²) in [5, 5.41) is 28.1. The Morgan fingerprint density at radius 2 is 1.97 bits per heavy atom. The number of amides is 1. The third kappa shape index (κ3) is 3.06. The number of phenolic OH excluding ortho intramolecular Hbond substituents is 2. The molecule has 3 N–H and O–H groups in total. The van der Waals surface area contributed by atoms with E-state index < -0.39 is 6.04 Å². The Labute approximate surface area is 178 Å². The van der Waals surface area contributed by atoms with Crippen molar-refractivity contribution in [1.29, 1.82) is 0 Å². The van der Waals surface area contributed by atoms with E-state index >= 15 is 0 Å². The minimum absolute atomic E-state index is 0.107. The minimum Gasteiger partial charge on any atom is -0.508 e. The number of aromatic nitrogens is 2. The third-order valence-corrected chi connectivity index (χ3v) is 5.65. The number of H-pyrrole nitrogens is 1. The van der Waals surface area contributed by atoms with E-state index in [-0.39, 0.29) is 24.0 Å². The van der Waals surface area contributed by atoms with Gasteiger partial charge in [-0.1, -0.05) is 18.2 Å². The Hall–Kier alpha value is -4.00. The van der Waals surface area contributed by atoms with Gasteiger partial charge in [-0.3, -0.25) is 9.89 Å². The van der Waals surface area contributed by atoms with Crippen molar-refractivity contribution in [2.45, 2.75) is 26.4 Å². The van der Waals surface area contributed by atoms with E-state index in [1.165, 1.54) is 0 Å². The quantitative estimate of drug-likeness (QED) is 0.457. The average molecular weight is 415 g/mol. The molecule has 31 heavy (non-hydrogen) atoms. The van der Waals surface area contributed by atoms with Gasteiger partial charge in [0.05, 0.1) is 18.8 Å². The summed E-state index contributed by atoms with van der Waals surface area (Å²) in [6.07, 6.45) is 1.57. The summed E-state index contributed by atoms with van der Waals surface area (Å²) in [6.45, 7) is 4.08. The number of hydrogen-bond acceptors (Lipinski definition) is 5. The predicted octanol–water partition coefficient (Wildman–Crippen LogP) is 4.44. The fraction of sp³-hybridized carbons (Fsp3) is 0.167. The average Bonchev–Trinajstić information content (AvgIpc) is 3.42. The Bertz CT molecular complexity index is 1270. The van der Waals surface area contributed by atoms with Gasteiger partial charge in [0.15, 0.2) is 0 Å². The van der Waals surface area contributed by atoms with Crippen molar-refractivity contribution in [1.82, 2.24) is 15.1 Å². The van der Waals surface area contributed by atoms with E-state index in [1.807, 2.05) is 32.0 Å². The van der Waals surface area contributed by atoms with Gasteiger partial charge in [0, 0.05) is 11.1 Å². The molecule has 3 heterocycles. The molecule has 1 atom stereocenters. The lowest BCUT2D eigenvalue weighted by atomic mass is 9.93. The molecule has 0 radical (unpaired) electrons. The largest absolute Gasteiger partial charge is 0.508 e. The van der Waals surface area contributed by atoms with E-state index in [0.29, 0.717) is 28.3 Å². The summed E-state index contributed by atoms with van der Waals surface area (Å²) < 4.78 is 5.48. The van der Waals surface area contributed by atoms with Crippen LogP contribution in [0.25, 0.3) is 11.3 Å². The Morgan fingerprint density at radius 3 is 2.68 bits per heavy atom. The van der Waals surface area contributed by atoms with Crippen molar-refractivity contribution in [3.05, 3.63) is 88.5 Å². The van der Waals surface area contributed by atoms with E-state index in [4.69, 9.17) is 4.42 Å². The van der Waals surface area contributed by atoms with Crippen LogP contribution in [-0.2, 0) is 6.54 Å². The number of carbonyl (C=O) groups excluding carboxylic acids is 1. The lowest BCUT2D eigenvalue weighted by Crippen LogP contribution is -2.29. The maximum atomic E-state index is 13.3. The molecule has 0 bridgehead atoms. The second-order valence-corrected chi connectivity index (χ2v) is 7.85. The molecule has 2 aromatic carbocycles. The van der Waals surface area contributed by atoms with Crippen LogP contribution in [0.5, 0.6) is 11.5 Å². The minimum atomic E-state index is -0.506. The number of fused-ring (bicyclic) bond motifs is 1. The van der Waals surface area contributed by atoms with Crippen LogP contribution >= 0.6 is 0 Å². The molecule has 156 valence electrons. The Kier molecular flexibility index (Phi) is 4.32. The van der Waals surface area contributed by atoms with Gasteiger partial charge >= 0.3 is 0 Å². The number of aromatic amines is 1. The molecule has 0 saturated heterocycles. The molecule has 2 aromatic heterocycles. The number of phenols is 2. The summed E-state index contributed by atoms with van der Waals surface area (Å²) in [7, 11) is 0. The summed E-state index contributed by atoms with van der Waals surface area (Å²) >= 11 is 0. The molecule has 5 rings (SSSR count). The van der Waals surface area contributed by atoms with Crippen molar-refractivity contribution in [2.24, 2.45) is 0 Å². The first-order chi connectivity index (χ1) is 14.9. The molecule has 1 aliphatic rings. The van der Waals surface area contributed by atoms with Crippen molar-refractivity contribution in [3.8, 4) is 22.8 Å². The lowest BCUT2D eigenvalue weighted by molar-refractivity contribution is 0.0716. The molecule has 0 fully saturated rings. The zero-order chi connectivity index (χ0) is 21.7. The highest BCUT2D eigenvalue weighted by atomic mass is 16.3. The van der Waals surface area contributed by atoms with Crippen LogP contribution in [0.2, 0.25) is 0 Å². The van der Waals surface area contributed by atoms with E-state index in [9.17, 15) is 15.0 Å². The molecule has 1 unspecified atom stereocenters. The topological polar surface area (TPSA) is 103 Å². The van der Waals surface area contributed by atoms with Crippen molar-refractivity contribution in [2.75, 3.05) is 0 Å². The summed E-state index contributed by atoms with van der Waals surface area (Å²) in [5.41, 5.74) is 4.68. The van der Waals surface area contributed by atoms with Crippen LogP contribution in [-0.4, -0.2) is 31.2 Å². The maximum Gasteiger partial charge on any atom is 0.273 e. The van der Waals surface area contributed by atoms with Crippen LogP contribution in [0, 0.1) is 13.8 Å². The molecule has 1 amide bonds. The van der Waals surface area contributed by atoms with Gasteiger partial charge < -0.3 is 19.5 Å². The number of carbonyl (C=O) groups is 1. The van der Waals surface area contributed by atoms with E-state index in [2.05, 4.69) is 10.2 Å². The Balaban J connectivity index is 1.71. The van der Waals surface area contributed by atoms with Gasteiger partial charge in [-0.2, -0.15) is 5.10 Å². The molecule has 0 aliphatic carbocycles. The van der Waals surface area contributed by atoms with Gasteiger partial charge in [-0.25, -0.2) is 0 Å². The first-order valence-electron chi connectivity index (χ1n) is 9.95. The summed E-state index contributed by atoms with van der Waals surface area (Å²) in [4.78, 5) is 15.0. The van der Waals surface area contributed by atoms with E-state index in [0.717, 1.165) is 16.7 Å². The van der Waals surface area contributed by atoms with Crippen molar-refractivity contribution < 1.29 is 19.4 Å². The van der Waals surface area contributed by atoms with Crippen LogP contribution in [0.1, 0.15) is 44.5 Å². The lowest BCUT2D eigenvalue weighted by Gasteiger charge is -2.26. The number of aryl methyl sites for hydroxylation is 2. The van der Waals surface area contributed by atoms with Crippen LogP contribution in [0.3, 0.4) is 0 Å².